The molecule has 0 aromatic carbocycles. The zero-order valence-electron chi connectivity index (χ0n) is 11.0. The number of carboxylic acid groups (broad SMARTS) is 1. The molecule has 0 aliphatic rings. The molecule has 0 spiro atoms. The Morgan fingerprint density at radius 3 is 2.84 bits per heavy atom. The third-order valence-electron chi connectivity index (χ3n) is 3.41. The number of aliphatic carboxylic acids is 1. The van der Waals surface area contributed by atoms with E-state index in [1.165, 1.54) is 11.3 Å². The number of carboxylic acids is 1. The normalized spacial score (nSPS) is 14.5. The van der Waals surface area contributed by atoms with E-state index in [2.05, 4.69) is 15.1 Å². The molecular weight excluding hydrogens is 266 g/mol. The summed E-state index contributed by atoms with van der Waals surface area (Å²) in [6.45, 7) is 5.42. The van der Waals surface area contributed by atoms with E-state index in [-0.39, 0.29) is 12.3 Å². The summed E-state index contributed by atoms with van der Waals surface area (Å²) in [7, 11) is 0. The van der Waals surface area contributed by atoms with Gasteiger partial charge in [0.15, 0.2) is 0 Å². The van der Waals surface area contributed by atoms with Crippen LogP contribution in [0.25, 0.3) is 11.5 Å². The molecule has 6 nitrogen and oxygen atoms in total. The second kappa shape index (κ2) is 5.08. The summed E-state index contributed by atoms with van der Waals surface area (Å²) >= 11 is 1.44. The van der Waals surface area contributed by atoms with Gasteiger partial charge in [-0.25, -0.2) is 4.98 Å². The van der Waals surface area contributed by atoms with Crippen LogP contribution in [0.2, 0.25) is 0 Å². The highest BCUT2D eigenvalue weighted by molar-refractivity contribution is 7.07. The molecule has 0 radical (unpaired) electrons. The molecule has 0 aliphatic carbocycles. The molecule has 1 atom stereocenters. The molecule has 1 N–H and O–H groups in total. The molecule has 0 amide bonds. The molecule has 0 saturated carbocycles. The predicted molar refractivity (Wildman–Crippen MR) is 69.7 cm³/mol. The van der Waals surface area contributed by atoms with Crippen LogP contribution in [-0.2, 0) is 11.2 Å². The van der Waals surface area contributed by atoms with E-state index >= 15 is 0 Å². The highest BCUT2D eigenvalue weighted by Gasteiger charge is 2.38. The summed E-state index contributed by atoms with van der Waals surface area (Å²) in [5.41, 5.74) is 1.40. The van der Waals surface area contributed by atoms with Crippen molar-refractivity contribution in [2.75, 3.05) is 0 Å². The van der Waals surface area contributed by atoms with Gasteiger partial charge >= 0.3 is 5.97 Å². The standard InChI is InChI=1S/C12H15N3O3S/c1-7(2)12(3,11(16)17)4-9-14-10(15-18-9)8-5-19-6-13-8/h5-7H,4H2,1-3H3,(H,16,17). The van der Waals surface area contributed by atoms with Crippen molar-refractivity contribution >= 4 is 17.3 Å². The predicted octanol–water partition coefficient (Wildman–Crippen LogP) is 2.48. The van der Waals surface area contributed by atoms with Crippen LogP contribution in [0, 0.1) is 11.3 Å². The Balaban J connectivity index is 2.22. The maximum Gasteiger partial charge on any atom is 0.310 e. The van der Waals surface area contributed by atoms with Gasteiger partial charge in [0.1, 0.15) is 5.69 Å². The van der Waals surface area contributed by atoms with Crippen LogP contribution in [-0.4, -0.2) is 26.2 Å². The molecule has 7 heteroatoms. The monoisotopic (exact) mass is 281 g/mol. The number of nitrogens with zero attached hydrogens (tertiary/aromatic N) is 3. The quantitative estimate of drug-likeness (QED) is 0.905. The highest BCUT2D eigenvalue weighted by atomic mass is 32.1. The lowest BCUT2D eigenvalue weighted by Gasteiger charge is -2.27. The summed E-state index contributed by atoms with van der Waals surface area (Å²) in [6.07, 6.45) is 0.205. The molecule has 19 heavy (non-hydrogen) atoms. The zero-order valence-corrected chi connectivity index (χ0v) is 11.8. The van der Waals surface area contributed by atoms with Crippen molar-refractivity contribution in [3.8, 4) is 11.5 Å². The molecule has 2 aromatic heterocycles. The summed E-state index contributed by atoms with van der Waals surface area (Å²) in [5, 5.41) is 15.0. The lowest BCUT2D eigenvalue weighted by Crippen LogP contribution is -2.35. The number of carbonyl (C=O) groups is 1. The molecule has 0 bridgehead atoms. The molecule has 2 heterocycles. The zero-order chi connectivity index (χ0) is 14.0. The Morgan fingerprint density at radius 1 is 1.58 bits per heavy atom. The Hall–Kier alpha value is -1.76. The van der Waals surface area contributed by atoms with Crippen LogP contribution in [0.5, 0.6) is 0 Å². The van der Waals surface area contributed by atoms with Crippen molar-refractivity contribution in [1.82, 2.24) is 15.1 Å². The van der Waals surface area contributed by atoms with Gasteiger partial charge in [0, 0.05) is 11.8 Å². The van der Waals surface area contributed by atoms with Crippen LogP contribution in [0.3, 0.4) is 0 Å². The van der Waals surface area contributed by atoms with Crippen LogP contribution in [0.15, 0.2) is 15.4 Å². The van der Waals surface area contributed by atoms with Crippen molar-refractivity contribution in [3.05, 3.63) is 16.8 Å². The highest BCUT2D eigenvalue weighted by Crippen LogP contribution is 2.31. The van der Waals surface area contributed by atoms with Gasteiger partial charge in [-0.3, -0.25) is 4.79 Å². The van der Waals surface area contributed by atoms with Gasteiger partial charge in [-0.1, -0.05) is 19.0 Å². The minimum atomic E-state index is -0.925. The van der Waals surface area contributed by atoms with Crippen molar-refractivity contribution in [3.63, 3.8) is 0 Å². The second-order valence-electron chi connectivity index (χ2n) is 4.94. The first-order valence-corrected chi connectivity index (χ1v) is 6.82. The van der Waals surface area contributed by atoms with Crippen LogP contribution >= 0.6 is 11.3 Å². The van der Waals surface area contributed by atoms with E-state index in [0.29, 0.717) is 17.4 Å². The molecule has 0 saturated heterocycles. The van der Waals surface area contributed by atoms with Gasteiger partial charge < -0.3 is 9.63 Å². The number of hydrogen-bond acceptors (Lipinski definition) is 6. The largest absolute Gasteiger partial charge is 0.481 e. The fourth-order valence-corrected chi connectivity index (χ4v) is 2.12. The Morgan fingerprint density at radius 2 is 2.32 bits per heavy atom. The summed E-state index contributed by atoms with van der Waals surface area (Å²) in [4.78, 5) is 19.7. The maximum absolute atomic E-state index is 11.4. The van der Waals surface area contributed by atoms with Crippen molar-refractivity contribution in [1.29, 1.82) is 0 Å². The van der Waals surface area contributed by atoms with Crippen molar-refractivity contribution in [2.24, 2.45) is 11.3 Å². The van der Waals surface area contributed by atoms with E-state index < -0.39 is 11.4 Å². The molecular formula is C12H15N3O3S. The van der Waals surface area contributed by atoms with E-state index in [1.54, 1.807) is 12.4 Å². The van der Waals surface area contributed by atoms with Gasteiger partial charge in [-0.05, 0) is 12.8 Å². The van der Waals surface area contributed by atoms with E-state index in [4.69, 9.17) is 4.52 Å². The van der Waals surface area contributed by atoms with E-state index in [9.17, 15) is 9.90 Å². The van der Waals surface area contributed by atoms with E-state index in [1.807, 2.05) is 19.2 Å². The average molecular weight is 281 g/mol. The molecule has 2 aromatic rings. The van der Waals surface area contributed by atoms with Gasteiger partial charge in [0.2, 0.25) is 11.7 Å². The van der Waals surface area contributed by atoms with Crippen LogP contribution < -0.4 is 0 Å². The first-order chi connectivity index (χ1) is 8.93. The topological polar surface area (TPSA) is 89.1 Å². The lowest BCUT2D eigenvalue weighted by atomic mass is 9.76. The molecule has 0 aliphatic heterocycles. The van der Waals surface area contributed by atoms with Gasteiger partial charge in [-0.2, -0.15) is 4.98 Å². The van der Waals surface area contributed by atoms with Gasteiger partial charge in [-0.15, -0.1) is 11.3 Å². The molecule has 2 rings (SSSR count). The van der Waals surface area contributed by atoms with Crippen LogP contribution in [0.4, 0.5) is 0 Å². The Labute approximate surface area is 114 Å². The second-order valence-corrected chi connectivity index (χ2v) is 5.66. The Kier molecular flexibility index (Phi) is 3.66. The minimum absolute atomic E-state index is 0.0420. The summed E-state index contributed by atoms with van der Waals surface area (Å²) < 4.78 is 5.12. The fourth-order valence-electron chi connectivity index (χ4n) is 1.59. The van der Waals surface area contributed by atoms with Gasteiger partial charge in [0.05, 0.1) is 10.9 Å². The molecule has 0 fully saturated rings. The summed E-state index contributed by atoms with van der Waals surface area (Å²) in [6, 6.07) is 0. The fraction of sp³-hybridized carbons (Fsp3) is 0.500. The third-order valence-corrected chi connectivity index (χ3v) is 4.00. The van der Waals surface area contributed by atoms with Crippen molar-refractivity contribution < 1.29 is 14.4 Å². The number of aromatic nitrogens is 3. The number of thiazole rings is 1. The van der Waals surface area contributed by atoms with Crippen LogP contribution in [0.1, 0.15) is 26.7 Å². The van der Waals surface area contributed by atoms with Crippen molar-refractivity contribution in [2.45, 2.75) is 27.2 Å². The molecule has 102 valence electrons. The maximum atomic E-state index is 11.4. The average Bonchev–Trinajstić information content (AvgIpc) is 2.97. The number of rotatable bonds is 5. The smallest absolute Gasteiger partial charge is 0.310 e. The molecule has 1 unspecified atom stereocenters. The summed E-state index contributed by atoms with van der Waals surface area (Å²) in [5.74, 6) is -0.190. The Bertz CT molecular complexity index is 565. The first-order valence-electron chi connectivity index (χ1n) is 5.88. The third kappa shape index (κ3) is 2.65. The number of hydrogen-bond donors (Lipinski definition) is 1. The minimum Gasteiger partial charge on any atom is -0.481 e. The lowest BCUT2D eigenvalue weighted by molar-refractivity contribution is -0.150. The SMILES string of the molecule is CC(C)C(C)(Cc1nc(-c2cscn2)no1)C(=O)O. The van der Waals surface area contributed by atoms with Gasteiger partial charge in [0.25, 0.3) is 0 Å². The van der Waals surface area contributed by atoms with E-state index in [0.717, 1.165) is 0 Å². The first kappa shape index (κ1) is 13.7.